The molecule has 0 spiro atoms. The molecule has 2 N–H and O–H groups in total. The van der Waals surface area contributed by atoms with Gasteiger partial charge in [0.2, 0.25) is 0 Å². The zero-order chi connectivity index (χ0) is 20.6. The summed E-state index contributed by atoms with van der Waals surface area (Å²) in [4.78, 5) is 11.9. The quantitative estimate of drug-likeness (QED) is 0.557. The zero-order valence-electron chi connectivity index (χ0n) is 17.0. The van der Waals surface area contributed by atoms with Gasteiger partial charge in [0.05, 0.1) is 18.2 Å². The van der Waals surface area contributed by atoms with Gasteiger partial charge in [-0.3, -0.25) is 0 Å². The highest BCUT2D eigenvalue weighted by atomic mass is 79.9. The first kappa shape index (κ1) is 22.1. The van der Waals surface area contributed by atoms with E-state index in [4.69, 9.17) is 9.47 Å². The molecule has 152 valence electrons. The molecule has 0 radical (unpaired) electrons. The van der Waals surface area contributed by atoms with Gasteiger partial charge in [0.25, 0.3) is 0 Å². The van der Waals surface area contributed by atoms with Gasteiger partial charge in [-0.2, -0.15) is 0 Å². The predicted octanol–water partition coefficient (Wildman–Crippen LogP) is 5.02. The van der Waals surface area contributed by atoms with Gasteiger partial charge in [-0.1, -0.05) is 39.0 Å². The summed E-state index contributed by atoms with van der Waals surface area (Å²) in [6.45, 7) is 8.10. The highest BCUT2D eigenvalue weighted by Crippen LogP contribution is 2.31. The molecule has 6 heteroatoms. The topological polar surface area (TPSA) is 59.6 Å². The highest BCUT2D eigenvalue weighted by Gasteiger charge is 2.15. The monoisotopic (exact) mass is 448 g/mol. The van der Waals surface area contributed by atoms with Crippen molar-refractivity contribution in [3.05, 3.63) is 58.1 Å². The van der Waals surface area contributed by atoms with Crippen LogP contribution in [0.2, 0.25) is 0 Å². The Balaban J connectivity index is 1.65. The van der Waals surface area contributed by atoms with E-state index in [1.807, 2.05) is 30.3 Å². The maximum Gasteiger partial charge on any atom is 0.315 e. The van der Waals surface area contributed by atoms with Crippen molar-refractivity contribution in [3.8, 4) is 11.5 Å². The average Bonchev–Trinajstić information content (AvgIpc) is 2.66. The number of rotatable bonds is 8. The molecule has 0 bridgehead atoms. The largest absolute Gasteiger partial charge is 0.497 e. The Morgan fingerprint density at radius 3 is 2.39 bits per heavy atom. The molecular weight excluding hydrogens is 420 g/mol. The van der Waals surface area contributed by atoms with Crippen molar-refractivity contribution in [1.82, 2.24) is 10.6 Å². The molecule has 0 fully saturated rings. The van der Waals surface area contributed by atoms with E-state index in [-0.39, 0.29) is 11.4 Å². The van der Waals surface area contributed by atoms with Crippen molar-refractivity contribution in [2.75, 3.05) is 20.3 Å². The average molecular weight is 449 g/mol. The normalized spacial score (nSPS) is 11.0. The molecule has 0 heterocycles. The third-order valence-corrected chi connectivity index (χ3v) is 4.89. The van der Waals surface area contributed by atoms with Crippen LogP contribution in [0.3, 0.4) is 0 Å². The van der Waals surface area contributed by atoms with Crippen LogP contribution >= 0.6 is 15.9 Å². The van der Waals surface area contributed by atoms with Gasteiger partial charge in [-0.15, -0.1) is 0 Å². The summed E-state index contributed by atoms with van der Waals surface area (Å²) < 4.78 is 11.9. The number of hydrogen-bond acceptors (Lipinski definition) is 3. The molecular formula is C22H29BrN2O3. The summed E-state index contributed by atoms with van der Waals surface area (Å²) in [5, 5.41) is 5.67. The van der Waals surface area contributed by atoms with E-state index in [2.05, 4.69) is 59.5 Å². The van der Waals surface area contributed by atoms with Crippen LogP contribution in [0.1, 0.15) is 38.3 Å². The molecule has 0 saturated heterocycles. The molecule has 0 saturated carbocycles. The molecule has 2 aromatic carbocycles. The minimum Gasteiger partial charge on any atom is -0.497 e. The third kappa shape index (κ3) is 7.08. The Morgan fingerprint density at radius 1 is 1.07 bits per heavy atom. The first-order valence-electron chi connectivity index (χ1n) is 9.37. The minimum atomic E-state index is -0.188. The lowest BCUT2D eigenvalue weighted by molar-refractivity contribution is 0.238. The molecule has 2 amide bonds. The van der Waals surface area contributed by atoms with Crippen LogP contribution in [0.25, 0.3) is 0 Å². The second-order valence-electron chi connectivity index (χ2n) is 7.55. The molecule has 0 aliphatic heterocycles. The number of nitrogens with one attached hydrogen (secondary N) is 2. The van der Waals surface area contributed by atoms with E-state index in [1.165, 1.54) is 5.56 Å². The first-order chi connectivity index (χ1) is 13.3. The summed E-state index contributed by atoms with van der Waals surface area (Å²) in [6.07, 6.45) is 0.726. The number of methoxy groups -OCH3 is 1. The molecule has 0 aromatic heterocycles. The summed E-state index contributed by atoms with van der Waals surface area (Å²) in [5.41, 5.74) is 2.37. The lowest BCUT2D eigenvalue weighted by atomic mass is 9.87. The molecule has 0 atom stereocenters. The van der Waals surface area contributed by atoms with E-state index >= 15 is 0 Å². The highest BCUT2D eigenvalue weighted by molar-refractivity contribution is 9.10. The van der Waals surface area contributed by atoms with Crippen LogP contribution in [0, 0.1) is 0 Å². The van der Waals surface area contributed by atoms with E-state index in [0.717, 1.165) is 28.0 Å². The lowest BCUT2D eigenvalue weighted by Crippen LogP contribution is -2.36. The van der Waals surface area contributed by atoms with Gasteiger partial charge >= 0.3 is 6.03 Å². The summed E-state index contributed by atoms with van der Waals surface area (Å²) in [6, 6.07) is 13.6. The van der Waals surface area contributed by atoms with Crippen LogP contribution in [0.4, 0.5) is 4.79 Å². The molecule has 28 heavy (non-hydrogen) atoms. The van der Waals surface area contributed by atoms with Gasteiger partial charge in [0.15, 0.2) is 0 Å². The van der Waals surface area contributed by atoms with Gasteiger partial charge in [0, 0.05) is 13.1 Å². The summed E-state index contributed by atoms with van der Waals surface area (Å²) >= 11 is 3.57. The van der Waals surface area contributed by atoms with Crippen molar-refractivity contribution < 1.29 is 14.3 Å². The smallest absolute Gasteiger partial charge is 0.315 e. The van der Waals surface area contributed by atoms with Crippen LogP contribution in [-0.4, -0.2) is 26.3 Å². The number of urea groups is 1. The molecule has 0 aliphatic rings. The number of ether oxygens (including phenoxy) is 2. The van der Waals surface area contributed by atoms with Crippen molar-refractivity contribution in [2.24, 2.45) is 0 Å². The summed E-state index contributed by atoms with van der Waals surface area (Å²) in [5.74, 6) is 1.62. The number of carbonyl (C=O) groups is 1. The Bertz CT molecular complexity index is 770. The molecule has 2 rings (SSSR count). The second-order valence-corrected chi connectivity index (χ2v) is 8.41. The summed E-state index contributed by atoms with van der Waals surface area (Å²) in [7, 11) is 1.63. The van der Waals surface area contributed by atoms with E-state index in [9.17, 15) is 4.79 Å². The number of amides is 2. The maximum atomic E-state index is 11.9. The minimum absolute atomic E-state index is 0.101. The SMILES string of the molecule is COc1ccc(CNC(=O)NCCCOc2ccc(C(C)(C)C)cc2Br)cc1. The standard InChI is InChI=1S/C22H29BrN2O3/c1-22(2,3)17-8-11-20(19(23)14-17)28-13-5-12-24-21(26)25-15-16-6-9-18(27-4)10-7-16/h6-11,14H,5,12-13,15H2,1-4H3,(H2,24,25,26). The Labute approximate surface area is 175 Å². The molecule has 0 unspecified atom stereocenters. The Kier molecular flexibility index (Phi) is 8.18. The fraction of sp³-hybridized carbons (Fsp3) is 0.409. The van der Waals surface area contributed by atoms with Crippen LogP contribution in [0.15, 0.2) is 46.9 Å². The zero-order valence-corrected chi connectivity index (χ0v) is 18.6. The van der Waals surface area contributed by atoms with E-state index < -0.39 is 0 Å². The van der Waals surface area contributed by atoms with Crippen molar-refractivity contribution >= 4 is 22.0 Å². The Morgan fingerprint density at radius 2 is 1.79 bits per heavy atom. The van der Waals surface area contributed by atoms with Crippen molar-refractivity contribution in [3.63, 3.8) is 0 Å². The van der Waals surface area contributed by atoms with Crippen molar-refractivity contribution in [1.29, 1.82) is 0 Å². The molecule has 0 aliphatic carbocycles. The van der Waals surface area contributed by atoms with Crippen molar-refractivity contribution in [2.45, 2.75) is 39.2 Å². The number of halogens is 1. The van der Waals surface area contributed by atoms with Crippen LogP contribution in [0.5, 0.6) is 11.5 Å². The molecule has 2 aromatic rings. The maximum absolute atomic E-state index is 11.9. The first-order valence-corrected chi connectivity index (χ1v) is 10.2. The van der Waals surface area contributed by atoms with Crippen LogP contribution < -0.4 is 20.1 Å². The third-order valence-electron chi connectivity index (χ3n) is 4.27. The molecule has 5 nitrogen and oxygen atoms in total. The number of benzene rings is 2. The fourth-order valence-corrected chi connectivity index (χ4v) is 3.02. The van der Waals surface area contributed by atoms with Gasteiger partial charge < -0.3 is 20.1 Å². The van der Waals surface area contributed by atoms with Gasteiger partial charge in [-0.25, -0.2) is 4.79 Å². The fourth-order valence-electron chi connectivity index (χ4n) is 2.53. The lowest BCUT2D eigenvalue weighted by Gasteiger charge is -2.20. The van der Waals surface area contributed by atoms with E-state index in [0.29, 0.717) is 19.7 Å². The van der Waals surface area contributed by atoms with Gasteiger partial charge in [0.1, 0.15) is 11.5 Å². The predicted molar refractivity (Wildman–Crippen MR) is 116 cm³/mol. The van der Waals surface area contributed by atoms with Crippen LogP contribution in [-0.2, 0) is 12.0 Å². The number of carbonyl (C=O) groups excluding carboxylic acids is 1. The van der Waals surface area contributed by atoms with E-state index in [1.54, 1.807) is 7.11 Å². The number of hydrogen-bond donors (Lipinski definition) is 2. The van der Waals surface area contributed by atoms with Gasteiger partial charge in [-0.05, 0) is 63.2 Å². The Hall–Kier alpha value is -2.21. The second kappa shape index (κ2) is 10.4.